The Morgan fingerprint density at radius 3 is 2.94 bits per heavy atom. The average Bonchev–Trinajstić information content (AvgIpc) is 2.60. The van der Waals surface area contributed by atoms with E-state index in [4.69, 9.17) is 16.3 Å². The Balaban J connectivity index is 2.21. The lowest BCUT2D eigenvalue weighted by Crippen LogP contribution is -2.25. The maximum absolute atomic E-state index is 11.6. The monoisotopic (exact) mass is 255 g/mol. The SMILES string of the molecule is COc1cccc(Cl)c1CN1CC(O)CC1=O. The Morgan fingerprint density at radius 1 is 1.59 bits per heavy atom. The molecule has 92 valence electrons. The van der Waals surface area contributed by atoms with Crippen molar-refractivity contribution < 1.29 is 14.6 Å². The Kier molecular flexibility index (Phi) is 3.54. The molecule has 0 spiro atoms. The summed E-state index contributed by atoms with van der Waals surface area (Å²) in [6.07, 6.45) is -0.386. The van der Waals surface area contributed by atoms with E-state index >= 15 is 0 Å². The number of rotatable bonds is 3. The Labute approximate surface area is 105 Å². The molecule has 1 atom stereocenters. The summed E-state index contributed by atoms with van der Waals surface area (Å²) in [6.45, 7) is 0.728. The number of halogens is 1. The molecule has 5 heteroatoms. The molecule has 0 aromatic heterocycles. The fraction of sp³-hybridized carbons (Fsp3) is 0.417. The van der Waals surface area contributed by atoms with Gasteiger partial charge in [-0.25, -0.2) is 0 Å². The van der Waals surface area contributed by atoms with Crippen molar-refractivity contribution in [3.05, 3.63) is 28.8 Å². The molecule has 0 saturated carbocycles. The van der Waals surface area contributed by atoms with Crippen molar-refractivity contribution in [2.24, 2.45) is 0 Å². The number of hydrogen-bond acceptors (Lipinski definition) is 3. The zero-order valence-electron chi connectivity index (χ0n) is 9.52. The van der Waals surface area contributed by atoms with E-state index in [1.54, 1.807) is 30.2 Å². The predicted molar refractivity (Wildman–Crippen MR) is 64.0 cm³/mol. The molecule has 1 fully saturated rings. The van der Waals surface area contributed by atoms with Gasteiger partial charge in [0.2, 0.25) is 5.91 Å². The number of carbonyl (C=O) groups is 1. The van der Waals surface area contributed by atoms with E-state index in [1.165, 1.54) is 0 Å². The lowest BCUT2D eigenvalue weighted by atomic mass is 10.2. The third-order valence-electron chi connectivity index (χ3n) is 2.84. The van der Waals surface area contributed by atoms with Crippen LogP contribution in [-0.2, 0) is 11.3 Å². The van der Waals surface area contributed by atoms with E-state index < -0.39 is 6.10 Å². The van der Waals surface area contributed by atoms with Crippen LogP contribution in [-0.4, -0.2) is 35.7 Å². The van der Waals surface area contributed by atoms with E-state index in [9.17, 15) is 9.90 Å². The maximum atomic E-state index is 11.6. The third kappa shape index (κ3) is 2.53. The highest BCUT2D eigenvalue weighted by Crippen LogP contribution is 2.28. The molecule has 1 N–H and O–H groups in total. The minimum absolute atomic E-state index is 0.0560. The van der Waals surface area contributed by atoms with Crippen molar-refractivity contribution in [1.29, 1.82) is 0 Å². The van der Waals surface area contributed by atoms with E-state index in [1.807, 2.05) is 0 Å². The van der Waals surface area contributed by atoms with Gasteiger partial charge in [-0.05, 0) is 12.1 Å². The van der Waals surface area contributed by atoms with Gasteiger partial charge in [-0.15, -0.1) is 0 Å². The molecule has 1 amide bonds. The third-order valence-corrected chi connectivity index (χ3v) is 3.19. The smallest absolute Gasteiger partial charge is 0.225 e. The lowest BCUT2D eigenvalue weighted by Gasteiger charge is -2.18. The summed E-state index contributed by atoms with van der Waals surface area (Å²) in [5.41, 5.74) is 0.777. The van der Waals surface area contributed by atoms with Crippen LogP contribution in [0, 0.1) is 0 Å². The number of amides is 1. The van der Waals surface area contributed by atoms with Crippen molar-refractivity contribution in [1.82, 2.24) is 4.90 Å². The molecule has 0 aliphatic carbocycles. The number of β-amino-alcohol motifs (C(OH)–C–C–N with tert-alkyl or cyclic N) is 1. The number of benzene rings is 1. The molecular formula is C12H14ClNO3. The van der Waals surface area contributed by atoms with Gasteiger partial charge >= 0.3 is 0 Å². The normalized spacial score (nSPS) is 19.8. The molecule has 4 nitrogen and oxygen atoms in total. The molecule has 1 aromatic rings. The fourth-order valence-corrected chi connectivity index (χ4v) is 2.20. The van der Waals surface area contributed by atoms with Crippen molar-refractivity contribution >= 4 is 17.5 Å². The largest absolute Gasteiger partial charge is 0.496 e. The number of aliphatic hydroxyl groups excluding tert-OH is 1. The molecule has 2 rings (SSSR count). The molecule has 1 aliphatic heterocycles. The summed E-state index contributed by atoms with van der Waals surface area (Å²) in [7, 11) is 1.57. The van der Waals surface area contributed by atoms with Gasteiger partial charge in [-0.2, -0.15) is 0 Å². The van der Waals surface area contributed by atoms with Crippen LogP contribution < -0.4 is 4.74 Å². The number of hydrogen-bond donors (Lipinski definition) is 1. The first kappa shape index (κ1) is 12.2. The highest BCUT2D eigenvalue weighted by Gasteiger charge is 2.28. The van der Waals surface area contributed by atoms with Crippen LogP contribution in [0.3, 0.4) is 0 Å². The van der Waals surface area contributed by atoms with Crippen LogP contribution in [0.25, 0.3) is 0 Å². The molecule has 0 radical (unpaired) electrons. The lowest BCUT2D eigenvalue weighted by molar-refractivity contribution is -0.128. The second kappa shape index (κ2) is 4.94. The van der Waals surface area contributed by atoms with Crippen LogP contribution >= 0.6 is 11.6 Å². The topological polar surface area (TPSA) is 49.8 Å². The Morgan fingerprint density at radius 2 is 2.35 bits per heavy atom. The molecule has 1 unspecified atom stereocenters. The Hall–Kier alpha value is -1.26. The number of ether oxygens (including phenoxy) is 1. The summed E-state index contributed by atoms with van der Waals surface area (Å²) < 4.78 is 5.21. The standard InChI is InChI=1S/C12H14ClNO3/c1-17-11-4-2-3-10(13)9(11)7-14-6-8(15)5-12(14)16/h2-4,8,15H,5-7H2,1H3. The summed E-state index contributed by atoms with van der Waals surface area (Å²) in [6, 6.07) is 5.36. The van der Waals surface area contributed by atoms with E-state index in [2.05, 4.69) is 0 Å². The van der Waals surface area contributed by atoms with Crippen LogP contribution in [0.15, 0.2) is 18.2 Å². The zero-order chi connectivity index (χ0) is 12.4. The van der Waals surface area contributed by atoms with Gasteiger partial charge in [0.15, 0.2) is 0 Å². The fourth-order valence-electron chi connectivity index (χ4n) is 1.98. The molecule has 1 aromatic carbocycles. The van der Waals surface area contributed by atoms with Gasteiger partial charge in [0.05, 0.1) is 26.2 Å². The van der Waals surface area contributed by atoms with Crippen LogP contribution in [0.1, 0.15) is 12.0 Å². The first-order valence-corrected chi connectivity index (χ1v) is 5.77. The second-order valence-electron chi connectivity index (χ2n) is 4.05. The first-order valence-electron chi connectivity index (χ1n) is 5.39. The van der Waals surface area contributed by atoms with Crippen molar-refractivity contribution in [2.45, 2.75) is 19.1 Å². The molecule has 0 bridgehead atoms. The quantitative estimate of drug-likeness (QED) is 0.889. The van der Waals surface area contributed by atoms with E-state index in [-0.39, 0.29) is 12.3 Å². The van der Waals surface area contributed by atoms with Crippen molar-refractivity contribution in [3.8, 4) is 5.75 Å². The summed E-state index contributed by atoms with van der Waals surface area (Å²) in [4.78, 5) is 13.2. The molecule has 1 saturated heterocycles. The van der Waals surface area contributed by atoms with Gasteiger partial charge in [0.1, 0.15) is 5.75 Å². The molecular weight excluding hydrogens is 242 g/mol. The minimum atomic E-state index is -0.573. The number of aliphatic hydroxyl groups is 1. The highest BCUT2D eigenvalue weighted by molar-refractivity contribution is 6.31. The van der Waals surface area contributed by atoms with Crippen LogP contribution in [0.5, 0.6) is 5.75 Å². The second-order valence-corrected chi connectivity index (χ2v) is 4.46. The molecule has 1 aliphatic rings. The molecule has 17 heavy (non-hydrogen) atoms. The van der Waals surface area contributed by atoms with Crippen molar-refractivity contribution in [2.75, 3.05) is 13.7 Å². The van der Waals surface area contributed by atoms with Gasteiger partial charge in [0, 0.05) is 17.1 Å². The van der Waals surface area contributed by atoms with Crippen molar-refractivity contribution in [3.63, 3.8) is 0 Å². The van der Waals surface area contributed by atoms with E-state index in [0.717, 1.165) is 5.56 Å². The van der Waals surface area contributed by atoms with Crippen LogP contribution in [0.4, 0.5) is 0 Å². The van der Waals surface area contributed by atoms with Gasteiger partial charge in [-0.1, -0.05) is 17.7 Å². The number of nitrogens with zero attached hydrogens (tertiary/aromatic N) is 1. The number of carbonyl (C=O) groups excluding carboxylic acids is 1. The highest BCUT2D eigenvalue weighted by atomic mass is 35.5. The zero-order valence-corrected chi connectivity index (χ0v) is 10.3. The first-order chi connectivity index (χ1) is 8.11. The van der Waals surface area contributed by atoms with Gasteiger partial charge in [-0.3, -0.25) is 4.79 Å². The number of methoxy groups -OCH3 is 1. The summed E-state index contributed by atoms with van der Waals surface area (Å²) in [5.74, 6) is 0.603. The molecule has 1 heterocycles. The van der Waals surface area contributed by atoms with Gasteiger partial charge < -0.3 is 14.7 Å². The van der Waals surface area contributed by atoms with Crippen LogP contribution in [0.2, 0.25) is 5.02 Å². The average molecular weight is 256 g/mol. The Bertz CT molecular complexity index is 436. The maximum Gasteiger partial charge on any atom is 0.225 e. The predicted octanol–water partition coefficient (Wildman–Crippen LogP) is 1.44. The minimum Gasteiger partial charge on any atom is -0.496 e. The number of likely N-dealkylation sites (tertiary alicyclic amines) is 1. The summed E-state index contributed by atoms with van der Waals surface area (Å²) >= 11 is 6.09. The van der Waals surface area contributed by atoms with E-state index in [0.29, 0.717) is 23.9 Å². The summed E-state index contributed by atoms with van der Waals surface area (Å²) in [5, 5.41) is 9.99. The van der Waals surface area contributed by atoms with Gasteiger partial charge in [0.25, 0.3) is 0 Å².